The Morgan fingerprint density at radius 3 is 2.68 bits per heavy atom. The van der Waals surface area contributed by atoms with Crippen LogP contribution in [0.4, 0.5) is 4.39 Å². The van der Waals surface area contributed by atoms with Crippen LogP contribution in [0.3, 0.4) is 0 Å². The lowest BCUT2D eigenvalue weighted by Gasteiger charge is -2.27. The van der Waals surface area contributed by atoms with E-state index in [4.69, 9.17) is 10.5 Å². The number of hydrazine groups is 1. The smallest absolute Gasteiger partial charge is 0.253 e. The van der Waals surface area contributed by atoms with Gasteiger partial charge < -0.3 is 10.5 Å². The van der Waals surface area contributed by atoms with Crippen LogP contribution in [0.25, 0.3) is 0 Å². The summed E-state index contributed by atoms with van der Waals surface area (Å²) >= 11 is 0. The van der Waals surface area contributed by atoms with E-state index in [1.54, 1.807) is 0 Å². The van der Waals surface area contributed by atoms with Crippen LogP contribution in [-0.2, 0) is 21.3 Å². The van der Waals surface area contributed by atoms with Crippen molar-refractivity contribution in [2.45, 2.75) is 11.4 Å². The maximum absolute atomic E-state index is 13.2. The van der Waals surface area contributed by atoms with Gasteiger partial charge in [-0.15, -0.1) is 4.83 Å². The first-order chi connectivity index (χ1) is 9.03. The minimum atomic E-state index is -3.82. The Kier molecular flexibility index (Phi) is 4.48. The molecule has 19 heavy (non-hydrogen) atoms. The van der Waals surface area contributed by atoms with Gasteiger partial charge in [-0.3, -0.25) is 0 Å². The molecule has 106 valence electrons. The topological polar surface area (TPSA) is 84.7 Å². The largest absolute Gasteiger partial charge is 0.379 e. The number of nitrogens with two attached hydrogens (primary N) is 1. The molecule has 0 unspecified atom stereocenters. The van der Waals surface area contributed by atoms with Gasteiger partial charge in [0.2, 0.25) is 0 Å². The minimum absolute atomic E-state index is 0.0274. The lowest BCUT2D eigenvalue weighted by Crippen LogP contribution is -2.48. The van der Waals surface area contributed by atoms with Crippen LogP contribution in [0.2, 0.25) is 0 Å². The van der Waals surface area contributed by atoms with Gasteiger partial charge in [-0.1, -0.05) is 6.07 Å². The lowest BCUT2D eigenvalue weighted by molar-refractivity contribution is 0.0272. The van der Waals surface area contributed by atoms with Crippen LogP contribution >= 0.6 is 0 Å². The van der Waals surface area contributed by atoms with Crippen LogP contribution in [0.5, 0.6) is 0 Å². The molecule has 1 aliphatic heterocycles. The van der Waals surface area contributed by atoms with Gasteiger partial charge in [-0.05, 0) is 17.7 Å². The molecule has 1 aliphatic rings. The van der Waals surface area contributed by atoms with E-state index >= 15 is 0 Å². The van der Waals surface area contributed by atoms with Gasteiger partial charge in [-0.2, -0.15) is 0 Å². The lowest BCUT2D eigenvalue weighted by atomic mass is 10.2. The fraction of sp³-hybridized carbons (Fsp3) is 0.455. The summed E-state index contributed by atoms with van der Waals surface area (Å²) in [6.07, 6.45) is 0. The first-order valence-electron chi connectivity index (χ1n) is 5.86. The standard InChI is InChI=1S/C11H16FN3O3S/c12-10-2-1-9(8-13)11(7-10)19(16,17)14-15-3-5-18-6-4-15/h1-2,7,14H,3-6,8,13H2. The first-order valence-corrected chi connectivity index (χ1v) is 7.35. The van der Waals surface area contributed by atoms with Crippen LogP contribution in [-0.4, -0.2) is 39.7 Å². The summed E-state index contributed by atoms with van der Waals surface area (Å²) in [6, 6.07) is 3.55. The second-order valence-corrected chi connectivity index (χ2v) is 5.78. The van der Waals surface area contributed by atoms with Gasteiger partial charge in [0, 0.05) is 19.6 Å². The number of benzene rings is 1. The number of hydrogen-bond acceptors (Lipinski definition) is 5. The number of morpholine rings is 1. The Hall–Kier alpha value is -1.06. The third-order valence-corrected chi connectivity index (χ3v) is 4.26. The molecule has 0 bridgehead atoms. The van der Waals surface area contributed by atoms with E-state index in [2.05, 4.69) is 4.83 Å². The summed E-state index contributed by atoms with van der Waals surface area (Å²) in [5.41, 5.74) is 5.86. The molecule has 0 saturated carbocycles. The molecule has 6 nitrogen and oxygen atoms in total. The van der Waals surface area contributed by atoms with Crippen molar-refractivity contribution in [2.75, 3.05) is 26.3 Å². The highest BCUT2D eigenvalue weighted by Gasteiger charge is 2.23. The van der Waals surface area contributed by atoms with Gasteiger partial charge >= 0.3 is 0 Å². The molecule has 0 atom stereocenters. The number of nitrogens with zero attached hydrogens (tertiary/aromatic N) is 1. The highest BCUT2D eigenvalue weighted by atomic mass is 32.2. The molecule has 2 rings (SSSR count). The van der Waals surface area contributed by atoms with E-state index in [0.29, 0.717) is 31.9 Å². The van der Waals surface area contributed by atoms with E-state index in [1.807, 2.05) is 0 Å². The summed E-state index contributed by atoms with van der Waals surface area (Å²) < 4.78 is 42.8. The molecule has 0 aliphatic carbocycles. The fourth-order valence-corrected chi connectivity index (χ4v) is 3.21. The Morgan fingerprint density at radius 2 is 2.05 bits per heavy atom. The van der Waals surface area contributed by atoms with Crippen molar-refractivity contribution in [3.05, 3.63) is 29.6 Å². The number of rotatable bonds is 4. The predicted molar refractivity (Wildman–Crippen MR) is 67.0 cm³/mol. The third kappa shape index (κ3) is 3.48. The highest BCUT2D eigenvalue weighted by Crippen LogP contribution is 2.17. The molecule has 1 aromatic rings. The van der Waals surface area contributed by atoms with Gasteiger partial charge in [0.15, 0.2) is 0 Å². The van der Waals surface area contributed by atoms with Crippen molar-refractivity contribution in [3.63, 3.8) is 0 Å². The van der Waals surface area contributed by atoms with Crippen LogP contribution < -0.4 is 10.6 Å². The number of nitrogens with one attached hydrogen (secondary N) is 1. The van der Waals surface area contributed by atoms with Crippen molar-refractivity contribution in [3.8, 4) is 0 Å². The van der Waals surface area contributed by atoms with Gasteiger partial charge in [0.05, 0.1) is 18.1 Å². The zero-order valence-electron chi connectivity index (χ0n) is 10.3. The third-order valence-electron chi connectivity index (χ3n) is 2.80. The Labute approximate surface area is 111 Å². The van der Waals surface area contributed by atoms with Crippen LogP contribution in [0, 0.1) is 5.82 Å². The number of halogens is 1. The SMILES string of the molecule is NCc1ccc(F)cc1S(=O)(=O)NN1CCOCC1. The van der Waals surface area contributed by atoms with Gasteiger partial charge in [0.25, 0.3) is 10.0 Å². The average Bonchev–Trinajstić information content (AvgIpc) is 2.39. The normalized spacial score (nSPS) is 17.6. The second kappa shape index (κ2) is 5.93. The van der Waals surface area contributed by atoms with Crippen molar-refractivity contribution in [2.24, 2.45) is 5.73 Å². The van der Waals surface area contributed by atoms with Gasteiger partial charge in [-0.25, -0.2) is 17.8 Å². The van der Waals surface area contributed by atoms with Crippen molar-refractivity contribution >= 4 is 10.0 Å². The number of ether oxygens (including phenoxy) is 1. The Balaban J connectivity index is 2.25. The average molecular weight is 289 g/mol. The molecule has 0 spiro atoms. The molecule has 1 heterocycles. The number of sulfonamides is 1. The Bertz CT molecular complexity index is 544. The maximum atomic E-state index is 13.2. The van der Waals surface area contributed by atoms with Gasteiger partial charge in [0.1, 0.15) is 5.82 Å². The zero-order valence-corrected chi connectivity index (χ0v) is 11.1. The Morgan fingerprint density at radius 1 is 1.37 bits per heavy atom. The molecule has 1 saturated heterocycles. The molecule has 1 fully saturated rings. The second-order valence-electron chi connectivity index (χ2n) is 4.15. The molecule has 3 N–H and O–H groups in total. The molecule has 0 aromatic heterocycles. The minimum Gasteiger partial charge on any atom is -0.379 e. The quantitative estimate of drug-likeness (QED) is 0.802. The molecule has 0 radical (unpaired) electrons. The fourth-order valence-electron chi connectivity index (χ4n) is 1.82. The number of hydrogen-bond donors (Lipinski definition) is 2. The summed E-state index contributed by atoms with van der Waals surface area (Å²) in [4.78, 5) is 2.29. The molecule has 0 amide bonds. The molecular weight excluding hydrogens is 273 g/mol. The highest BCUT2D eigenvalue weighted by molar-refractivity contribution is 7.89. The van der Waals surface area contributed by atoms with E-state index < -0.39 is 15.8 Å². The van der Waals surface area contributed by atoms with Crippen molar-refractivity contribution in [1.29, 1.82) is 0 Å². The maximum Gasteiger partial charge on any atom is 0.253 e. The molecular formula is C11H16FN3O3S. The first kappa shape index (κ1) is 14.4. The van der Waals surface area contributed by atoms with Crippen molar-refractivity contribution in [1.82, 2.24) is 9.84 Å². The van der Waals surface area contributed by atoms with E-state index in [-0.39, 0.29) is 11.4 Å². The van der Waals surface area contributed by atoms with E-state index in [0.717, 1.165) is 6.07 Å². The molecule has 1 aromatic carbocycles. The summed E-state index contributed by atoms with van der Waals surface area (Å²) in [5, 5.41) is 1.53. The van der Waals surface area contributed by atoms with Crippen LogP contribution in [0.15, 0.2) is 23.1 Å². The zero-order chi connectivity index (χ0) is 13.9. The summed E-state index contributed by atoms with van der Waals surface area (Å²) in [6.45, 7) is 1.84. The molecule has 8 heteroatoms. The summed E-state index contributed by atoms with van der Waals surface area (Å²) in [5.74, 6) is -0.612. The van der Waals surface area contributed by atoms with Crippen molar-refractivity contribution < 1.29 is 17.5 Å². The summed E-state index contributed by atoms with van der Waals surface area (Å²) in [7, 11) is -3.82. The van der Waals surface area contributed by atoms with E-state index in [9.17, 15) is 12.8 Å². The monoisotopic (exact) mass is 289 g/mol. The van der Waals surface area contributed by atoms with E-state index in [1.165, 1.54) is 17.1 Å². The van der Waals surface area contributed by atoms with Crippen LogP contribution in [0.1, 0.15) is 5.56 Å². The predicted octanol–water partition coefficient (Wildman–Crippen LogP) is -0.190.